The van der Waals surface area contributed by atoms with Crippen LogP contribution in [0.2, 0.25) is 0 Å². The lowest BCUT2D eigenvalue weighted by atomic mass is 9.88. The lowest BCUT2D eigenvalue weighted by molar-refractivity contribution is -0.136. The minimum atomic E-state index is -0.770. The Kier molecular flexibility index (Phi) is 4.90. The maximum absolute atomic E-state index is 13.0. The second-order valence-electron chi connectivity index (χ2n) is 5.40. The molecule has 1 aliphatic heterocycles. The zero-order valence-electron chi connectivity index (χ0n) is 11.6. The standard InChI is InChI=1S/C16H20FNO2/c1-18-10-13(4-2-3-5-16(19)20)15(11-18)12-6-8-14(17)9-7-12/h2,4,6-9,13,15H,3,5,10-11H2,1H3,(H,19,20)/b4-2-/t13-,15+/m1/s1. The molecule has 1 heterocycles. The van der Waals surface area contributed by atoms with Gasteiger partial charge in [-0.2, -0.15) is 0 Å². The van der Waals surface area contributed by atoms with Gasteiger partial charge in [0.15, 0.2) is 0 Å². The molecule has 0 saturated carbocycles. The van der Waals surface area contributed by atoms with Gasteiger partial charge in [0, 0.05) is 25.4 Å². The average molecular weight is 277 g/mol. The van der Waals surface area contributed by atoms with E-state index in [4.69, 9.17) is 5.11 Å². The van der Waals surface area contributed by atoms with Crippen LogP contribution in [0, 0.1) is 11.7 Å². The molecule has 0 radical (unpaired) electrons. The Labute approximate surface area is 118 Å². The lowest BCUT2D eigenvalue weighted by Crippen LogP contribution is -2.13. The number of benzene rings is 1. The molecule has 2 rings (SSSR count). The van der Waals surface area contributed by atoms with Gasteiger partial charge in [-0.1, -0.05) is 24.3 Å². The molecule has 1 fully saturated rings. The fraction of sp³-hybridized carbons (Fsp3) is 0.438. The van der Waals surface area contributed by atoms with E-state index in [0.29, 0.717) is 18.3 Å². The Bertz CT molecular complexity index is 484. The van der Waals surface area contributed by atoms with E-state index in [-0.39, 0.29) is 12.2 Å². The largest absolute Gasteiger partial charge is 0.481 e. The SMILES string of the molecule is CN1C[C@@H](/C=C\CCC(=O)O)[C@H](c2ccc(F)cc2)C1. The summed E-state index contributed by atoms with van der Waals surface area (Å²) in [5.74, 6) is -0.275. The summed E-state index contributed by atoms with van der Waals surface area (Å²) in [5, 5.41) is 8.63. The topological polar surface area (TPSA) is 40.5 Å². The van der Waals surface area contributed by atoms with E-state index in [1.165, 1.54) is 12.1 Å². The van der Waals surface area contributed by atoms with Crippen LogP contribution < -0.4 is 0 Å². The summed E-state index contributed by atoms with van der Waals surface area (Å²) in [6, 6.07) is 6.69. The number of likely N-dealkylation sites (N-methyl/N-ethyl adjacent to an activating group) is 1. The van der Waals surface area contributed by atoms with Crippen LogP contribution in [-0.2, 0) is 4.79 Å². The van der Waals surface area contributed by atoms with E-state index >= 15 is 0 Å². The molecular weight excluding hydrogens is 257 g/mol. The molecule has 0 spiro atoms. The molecule has 0 unspecified atom stereocenters. The van der Waals surface area contributed by atoms with Crippen LogP contribution >= 0.6 is 0 Å². The van der Waals surface area contributed by atoms with Crippen molar-refractivity contribution < 1.29 is 14.3 Å². The first kappa shape index (κ1) is 14.7. The van der Waals surface area contributed by atoms with Crippen LogP contribution in [0.5, 0.6) is 0 Å². The number of hydrogen-bond acceptors (Lipinski definition) is 2. The lowest BCUT2D eigenvalue weighted by Gasteiger charge is -2.15. The summed E-state index contributed by atoms with van der Waals surface area (Å²) in [6.07, 6.45) is 4.79. The van der Waals surface area contributed by atoms with Crippen molar-refractivity contribution in [2.24, 2.45) is 5.92 Å². The van der Waals surface area contributed by atoms with Gasteiger partial charge in [0.05, 0.1) is 0 Å². The van der Waals surface area contributed by atoms with Crippen LogP contribution in [0.3, 0.4) is 0 Å². The van der Waals surface area contributed by atoms with Gasteiger partial charge in [-0.25, -0.2) is 4.39 Å². The van der Waals surface area contributed by atoms with E-state index in [0.717, 1.165) is 18.7 Å². The van der Waals surface area contributed by atoms with Gasteiger partial charge in [0.2, 0.25) is 0 Å². The van der Waals surface area contributed by atoms with Crippen LogP contribution in [0.1, 0.15) is 24.3 Å². The quantitative estimate of drug-likeness (QED) is 0.841. The molecule has 0 amide bonds. The predicted molar refractivity (Wildman–Crippen MR) is 76.1 cm³/mol. The van der Waals surface area contributed by atoms with Crippen LogP contribution in [0.4, 0.5) is 4.39 Å². The highest BCUT2D eigenvalue weighted by molar-refractivity contribution is 5.66. The molecule has 108 valence electrons. The van der Waals surface area contributed by atoms with Crippen LogP contribution in [0.25, 0.3) is 0 Å². The van der Waals surface area contributed by atoms with Crippen molar-refractivity contribution in [3.05, 3.63) is 47.8 Å². The Hall–Kier alpha value is -1.68. The summed E-state index contributed by atoms with van der Waals surface area (Å²) in [5.41, 5.74) is 1.14. The zero-order valence-corrected chi connectivity index (χ0v) is 11.6. The number of hydrogen-bond donors (Lipinski definition) is 1. The fourth-order valence-electron chi connectivity index (χ4n) is 2.77. The van der Waals surface area contributed by atoms with Crippen LogP contribution in [-0.4, -0.2) is 36.1 Å². The third-order valence-corrected chi connectivity index (χ3v) is 3.75. The van der Waals surface area contributed by atoms with E-state index in [9.17, 15) is 9.18 Å². The number of aliphatic carboxylic acids is 1. The summed E-state index contributed by atoms with van der Waals surface area (Å²) in [6.45, 7) is 1.89. The first-order valence-corrected chi connectivity index (χ1v) is 6.88. The van der Waals surface area contributed by atoms with Crippen molar-refractivity contribution in [3.63, 3.8) is 0 Å². The molecule has 0 bridgehead atoms. The van der Waals surface area contributed by atoms with Crippen molar-refractivity contribution in [1.82, 2.24) is 4.90 Å². The van der Waals surface area contributed by atoms with Crippen molar-refractivity contribution in [2.45, 2.75) is 18.8 Å². The fourth-order valence-corrected chi connectivity index (χ4v) is 2.77. The number of likely N-dealkylation sites (tertiary alicyclic amines) is 1. The second kappa shape index (κ2) is 6.66. The van der Waals surface area contributed by atoms with Gasteiger partial charge in [-0.05, 0) is 37.1 Å². The molecule has 1 saturated heterocycles. The maximum atomic E-state index is 13.0. The molecule has 3 nitrogen and oxygen atoms in total. The average Bonchev–Trinajstić information content (AvgIpc) is 2.76. The predicted octanol–water partition coefficient (Wildman–Crippen LogP) is 2.89. The smallest absolute Gasteiger partial charge is 0.303 e. The Balaban J connectivity index is 2.02. The zero-order chi connectivity index (χ0) is 14.5. The second-order valence-corrected chi connectivity index (χ2v) is 5.40. The summed E-state index contributed by atoms with van der Waals surface area (Å²) < 4.78 is 13.0. The molecule has 0 aromatic heterocycles. The van der Waals surface area contributed by atoms with E-state index in [1.807, 2.05) is 18.2 Å². The minimum Gasteiger partial charge on any atom is -0.481 e. The molecule has 1 aromatic carbocycles. The normalized spacial score (nSPS) is 23.5. The van der Waals surface area contributed by atoms with Crippen molar-refractivity contribution in [3.8, 4) is 0 Å². The third-order valence-electron chi connectivity index (χ3n) is 3.75. The molecule has 20 heavy (non-hydrogen) atoms. The summed E-state index contributed by atoms with van der Waals surface area (Å²) in [4.78, 5) is 12.7. The summed E-state index contributed by atoms with van der Waals surface area (Å²) in [7, 11) is 2.07. The highest BCUT2D eigenvalue weighted by Crippen LogP contribution is 2.33. The molecule has 4 heteroatoms. The summed E-state index contributed by atoms with van der Waals surface area (Å²) >= 11 is 0. The first-order chi connectivity index (χ1) is 9.56. The first-order valence-electron chi connectivity index (χ1n) is 6.88. The Morgan fingerprint density at radius 2 is 2.10 bits per heavy atom. The van der Waals surface area contributed by atoms with Crippen LogP contribution in [0.15, 0.2) is 36.4 Å². The number of nitrogens with zero attached hydrogens (tertiary/aromatic N) is 1. The minimum absolute atomic E-state index is 0.167. The molecular formula is C16H20FNO2. The molecule has 2 atom stereocenters. The van der Waals surface area contributed by atoms with E-state index in [2.05, 4.69) is 18.0 Å². The number of carbonyl (C=O) groups is 1. The Morgan fingerprint density at radius 1 is 1.40 bits per heavy atom. The third kappa shape index (κ3) is 3.90. The van der Waals surface area contributed by atoms with Gasteiger partial charge in [-0.15, -0.1) is 0 Å². The van der Waals surface area contributed by atoms with Gasteiger partial charge in [0.1, 0.15) is 5.82 Å². The number of carboxylic acids is 1. The highest BCUT2D eigenvalue weighted by atomic mass is 19.1. The number of allylic oxidation sites excluding steroid dienone is 1. The van der Waals surface area contributed by atoms with Gasteiger partial charge < -0.3 is 10.0 Å². The van der Waals surface area contributed by atoms with Crippen molar-refractivity contribution in [1.29, 1.82) is 0 Å². The van der Waals surface area contributed by atoms with E-state index < -0.39 is 5.97 Å². The molecule has 1 N–H and O–H groups in total. The van der Waals surface area contributed by atoms with Gasteiger partial charge >= 0.3 is 5.97 Å². The monoisotopic (exact) mass is 277 g/mol. The number of carboxylic acid groups (broad SMARTS) is 1. The number of rotatable bonds is 5. The number of halogens is 1. The molecule has 1 aliphatic rings. The Morgan fingerprint density at radius 3 is 2.75 bits per heavy atom. The molecule has 1 aromatic rings. The van der Waals surface area contributed by atoms with Gasteiger partial charge in [-0.3, -0.25) is 4.79 Å². The van der Waals surface area contributed by atoms with E-state index in [1.54, 1.807) is 0 Å². The highest BCUT2D eigenvalue weighted by Gasteiger charge is 2.29. The maximum Gasteiger partial charge on any atom is 0.303 e. The van der Waals surface area contributed by atoms with Crippen molar-refractivity contribution in [2.75, 3.05) is 20.1 Å². The molecule has 0 aliphatic carbocycles. The van der Waals surface area contributed by atoms with Crippen molar-refractivity contribution >= 4 is 5.97 Å². The van der Waals surface area contributed by atoms with Gasteiger partial charge in [0.25, 0.3) is 0 Å².